The minimum atomic E-state index is -3.15. The van der Waals surface area contributed by atoms with Crippen molar-refractivity contribution in [2.45, 2.75) is 19.1 Å². The lowest BCUT2D eigenvalue weighted by atomic mass is 10.6. The number of allylic oxidation sites excluding steroid dienone is 2. The molecule has 0 bridgehead atoms. The van der Waals surface area contributed by atoms with Crippen LogP contribution in [0.2, 0.25) is 0 Å². The van der Waals surface area contributed by atoms with E-state index in [4.69, 9.17) is 0 Å². The minimum absolute atomic E-state index is 0.392. The van der Waals surface area contributed by atoms with Gasteiger partial charge in [0.1, 0.15) is 0 Å². The van der Waals surface area contributed by atoms with E-state index in [9.17, 15) is 8.42 Å². The van der Waals surface area contributed by atoms with Crippen LogP contribution in [0.1, 0.15) is 13.8 Å². The van der Waals surface area contributed by atoms with E-state index in [0.29, 0.717) is 0 Å². The molecule has 0 atom stereocenters. The van der Waals surface area contributed by atoms with E-state index < -0.39 is 15.3 Å². The van der Waals surface area contributed by atoms with E-state index in [1.165, 1.54) is 23.6 Å². The maximum atomic E-state index is 11.4. The summed E-state index contributed by atoms with van der Waals surface area (Å²) in [5.74, 6) is 0. The van der Waals surface area contributed by atoms with E-state index in [1.807, 2.05) is 0 Å². The summed E-state index contributed by atoms with van der Waals surface area (Å²) in [5, 5.41) is -0.392. The number of hydrogen-bond donors (Lipinski definition) is 0. The van der Waals surface area contributed by atoms with Gasteiger partial charge in [0, 0.05) is 13.2 Å². The molecule has 70 valence electrons. The lowest BCUT2D eigenvalue weighted by Crippen LogP contribution is -2.28. The zero-order valence-electron chi connectivity index (χ0n) is 7.69. The Bertz CT molecular complexity index is 265. The monoisotopic (exact) mass is 189 g/mol. The molecule has 0 spiro atoms. The third-order valence-corrected chi connectivity index (χ3v) is 3.55. The molecule has 0 rings (SSSR count). The van der Waals surface area contributed by atoms with Crippen molar-refractivity contribution in [1.29, 1.82) is 0 Å². The maximum Gasteiger partial charge on any atom is 0.236 e. The molecule has 0 aliphatic heterocycles. The van der Waals surface area contributed by atoms with E-state index >= 15 is 0 Å². The highest BCUT2D eigenvalue weighted by Crippen LogP contribution is 2.05. The molecule has 0 unspecified atom stereocenters. The molecule has 0 aliphatic rings. The van der Waals surface area contributed by atoms with Crippen molar-refractivity contribution < 1.29 is 8.42 Å². The molecular formula is C8H15NO2S. The number of hydrogen-bond acceptors (Lipinski definition) is 2. The van der Waals surface area contributed by atoms with Crippen molar-refractivity contribution in [1.82, 2.24) is 4.31 Å². The van der Waals surface area contributed by atoms with Crippen molar-refractivity contribution in [2.24, 2.45) is 0 Å². The van der Waals surface area contributed by atoms with Gasteiger partial charge in [0.15, 0.2) is 0 Å². The Morgan fingerprint density at radius 2 is 1.92 bits per heavy atom. The normalized spacial score (nSPS) is 12.3. The molecule has 0 aromatic carbocycles. The first-order chi connectivity index (χ1) is 5.42. The third kappa shape index (κ3) is 2.70. The molecule has 0 aromatic rings. The first kappa shape index (κ1) is 11.2. The van der Waals surface area contributed by atoms with Gasteiger partial charge in [-0.15, -0.1) is 0 Å². The first-order valence-corrected chi connectivity index (χ1v) is 5.19. The lowest BCUT2D eigenvalue weighted by Gasteiger charge is -2.16. The number of sulfonamides is 1. The Labute approximate surface area is 74.4 Å². The zero-order chi connectivity index (χ0) is 9.78. The minimum Gasteiger partial charge on any atom is -0.280 e. The zero-order valence-corrected chi connectivity index (χ0v) is 8.50. The molecule has 0 saturated carbocycles. The summed E-state index contributed by atoms with van der Waals surface area (Å²) < 4.78 is 23.9. The number of nitrogens with zero attached hydrogens (tertiary/aromatic N) is 1. The Morgan fingerprint density at radius 3 is 2.25 bits per heavy atom. The first-order valence-electron chi connectivity index (χ1n) is 3.69. The van der Waals surface area contributed by atoms with Gasteiger partial charge >= 0.3 is 0 Å². The average molecular weight is 189 g/mol. The van der Waals surface area contributed by atoms with Crippen molar-refractivity contribution >= 4 is 10.0 Å². The highest BCUT2D eigenvalue weighted by molar-refractivity contribution is 7.89. The molecular weight excluding hydrogens is 174 g/mol. The predicted octanol–water partition coefficient (Wildman–Crippen LogP) is 1.36. The van der Waals surface area contributed by atoms with Gasteiger partial charge in [0.2, 0.25) is 10.0 Å². The predicted molar refractivity (Wildman–Crippen MR) is 51.2 cm³/mol. The molecule has 0 amide bonds. The Morgan fingerprint density at radius 1 is 1.42 bits per heavy atom. The topological polar surface area (TPSA) is 37.4 Å². The Kier molecular flexibility index (Phi) is 4.03. The standard InChI is InChI=1S/C8H15NO2S/c1-5-6-7-9(4)12(10,11)8(2)3/h5-8H,1H2,2-4H3/b7-6-. The molecule has 4 heteroatoms. The van der Waals surface area contributed by atoms with Crippen LogP contribution in [0.25, 0.3) is 0 Å². The van der Waals surface area contributed by atoms with E-state index in [-0.39, 0.29) is 0 Å². The van der Waals surface area contributed by atoms with Crippen LogP contribution in [-0.4, -0.2) is 25.0 Å². The van der Waals surface area contributed by atoms with Gasteiger partial charge in [0.05, 0.1) is 5.25 Å². The van der Waals surface area contributed by atoms with Gasteiger partial charge in [-0.3, -0.25) is 4.31 Å². The van der Waals surface area contributed by atoms with Crippen LogP contribution in [-0.2, 0) is 10.0 Å². The Hall–Kier alpha value is -0.770. The van der Waals surface area contributed by atoms with Gasteiger partial charge in [0.25, 0.3) is 0 Å². The van der Waals surface area contributed by atoms with Crippen LogP contribution in [0.5, 0.6) is 0 Å². The second kappa shape index (κ2) is 4.30. The van der Waals surface area contributed by atoms with Crippen molar-refractivity contribution in [3.8, 4) is 0 Å². The summed E-state index contributed by atoms with van der Waals surface area (Å²) in [4.78, 5) is 0. The van der Waals surface area contributed by atoms with Gasteiger partial charge < -0.3 is 0 Å². The van der Waals surface area contributed by atoms with E-state index in [0.717, 1.165) is 0 Å². The SMILES string of the molecule is C=C/C=C\N(C)S(=O)(=O)C(C)C. The molecule has 0 fully saturated rings. The van der Waals surface area contributed by atoms with Crippen molar-refractivity contribution in [3.63, 3.8) is 0 Å². The number of rotatable bonds is 4. The molecule has 0 aliphatic carbocycles. The smallest absolute Gasteiger partial charge is 0.236 e. The van der Waals surface area contributed by atoms with Gasteiger partial charge in [-0.1, -0.05) is 12.7 Å². The second-order valence-electron chi connectivity index (χ2n) is 2.69. The largest absolute Gasteiger partial charge is 0.280 e. The fourth-order valence-electron chi connectivity index (χ4n) is 0.599. The van der Waals surface area contributed by atoms with Crippen molar-refractivity contribution in [2.75, 3.05) is 7.05 Å². The van der Waals surface area contributed by atoms with Gasteiger partial charge in [-0.05, 0) is 19.9 Å². The van der Waals surface area contributed by atoms with Gasteiger partial charge in [-0.2, -0.15) is 0 Å². The maximum absolute atomic E-state index is 11.4. The molecule has 0 aromatic heterocycles. The lowest BCUT2D eigenvalue weighted by molar-refractivity contribution is 0.529. The fraction of sp³-hybridized carbons (Fsp3) is 0.500. The highest BCUT2D eigenvalue weighted by atomic mass is 32.2. The van der Waals surface area contributed by atoms with Crippen LogP contribution in [0.15, 0.2) is 24.9 Å². The van der Waals surface area contributed by atoms with Crippen LogP contribution in [0.3, 0.4) is 0 Å². The van der Waals surface area contributed by atoms with Crippen LogP contribution in [0.4, 0.5) is 0 Å². The summed E-state index contributed by atoms with van der Waals surface area (Å²) in [6.07, 6.45) is 4.59. The van der Waals surface area contributed by atoms with Crippen LogP contribution >= 0.6 is 0 Å². The fourth-order valence-corrected chi connectivity index (χ4v) is 1.50. The van der Waals surface area contributed by atoms with Gasteiger partial charge in [-0.25, -0.2) is 8.42 Å². The van der Waals surface area contributed by atoms with E-state index in [1.54, 1.807) is 19.9 Å². The summed E-state index contributed by atoms with van der Waals surface area (Å²) in [6.45, 7) is 6.74. The molecule has 3 nitrogen and oxygen atoms in total. The molecule has 12 heavy (non-hydrogen) atoms. The third-order valence-electron chi connectivity index (χ3n) is 1.43. The van der Waals surface area contributed by atoms with Crippen molar-refractivity contribution in [3.05, 3.63) is 24.9 Å². The summed E-state index contributed by atoms with van der Waals surface area (Å²) >= 11 is 0. The second-order valence-corrected chi connectivity index (χ2v) is 5.24. The van der Waals surface area contributed by atoms with Crippen LogP contribution < -0.4 is 0 Å². The average Bonchev–Trinajstić information content (AvgIpc) is 1.99. The van der Waals surface area contributed by atoms with E-state index in [2.05, 4.69) is 6.58 Å². The molecule has 0 N–H and O–H groups in total. The quantitative estimate of drug-likeness (QED) is 0.626. The molecule has 0 heterocycles. The Balaban J connectivity index is 4.58. The molecule has 0 radical (unpaired) electrons. The summed E-state index contributed by atoms with van der Waals surface area (Å²) in [5.41, 5.74) is 0. The summed E-state index contributed by atoms with van der Waals surface area (Å²) in [6, 6.07) is 0. The highest BCUT2D eigenvalue weighted by Gasteiger charge is 2.18. The van der Waals surface area contributed by atoms with Crippen LogP contribution in [0, 0.1) is 0 Å². The molecule has 0 saturated heterocycles. The summed E-state index contributed by atoms with van der Waals surface area (Å²) in [7, 11) is -1.64.